The Morgan fingerprint density at radius 1 is 1.18 bits per heavy atom. The first-order valence-corrected chi connectivity index (χ1v) is 12.6. The van der Waals surface area contributed by atoms with E-state index in [0.29, 0.717) is 12.3 Å². The average molecular weight is 496 g/mol. The van der Waals surface area contributed by atoms with Gasteiger partial charge in [-0.25, -0.2) is 8.42 Å². The van der Waals surface area contributed by atoms with Crippen LogP contribution in [0.1, 0.15) is 25.0 Å². The van der Waals surface area contributed by atoms with Gasteiger partial charge in [-0.3, -0.25) is 13.9 Å². The van der Waals surface area contributed by atoms with E-state index >= 15 is 0 Å². The van der Waals surface area contributed by atoms with Gasteiger partial charge >= 0.3 is 0 Å². The van der Waals surface area contributed by atoms with Crippen LogP contribution in [0, 0.1) is 6.92 Å². The van der Waals surface area contributed by atoms with Crippen LogP contribution in [0.15, 0.2) is 42.5 Å². The summed E-state index contributed by atoms with van der Waals surface area (Å²) in [5, 5.41) is 2.93. The second-order valence-corrected chi connectivity index (χ2v) is 9.98. The first-order valence-electron chi connectivity index (χ1n) is 10.4. The summed E-state index contributed by atoms with van der Waals surface area (Å²) in [6.45, 7) is 5.41. The van der Waals surface area contributed by atoms with E-state index in [-0.39, 0.29) is 23.2 Å². The van der Waals surface area contributed by atoms with Crippen LogP contribution in [0.2, 0.25) is 5.02 Å². The van der Waals surface area contributed by atoms with Crippen molar-refractivity contribution < 1.29 is 22.7 Å². The molecule has 0 aliphatic carbocycles. The molecule has 0 aliphatic rings. The number of aryl methyl sites for hydroxylation is 1. The van der Waals surface area contributed by atoms with Crippen LogP contribution < -0.4 is 14.4 Å². The SMILES string of the molecule is CCNC(=O)[C@@H](C)N(Cc1cccc(C)c1)C(=O)CN(c1ccc(OC)c(Cl)c1)S(C)(=O)=O. The topological polar surface area (TPSA) is 96.0 Å². The molecule has 0 saturated heterocycles. The van der Waals surface area contributed by atoms with E-state index in [2.05, 4.69) is 5.32 Å². The van der Waals surface area contributed by atoms with Gasteiger partial charge in [-0.15, -0.1) is 0 Å². The molecule has 8 nitrogen and oxygen atoms in total. The molecule has 2 rings (SSSR count). The molecule has 0 spiro atoms. The highest BCUT2D eigenvalue weighted by molar-refractivity contribution is 7.92. The smallest absolute Gasteiger partial charge is 0.244 e. The van der Waals surface area contributed by atoms with Crippen LogP contribution in [0.3, 0.4) is 0 Å². The molecule has 0 heterocycles. The van der Waals surface area contributed by atoms with Gasteiger partial charge in [0.25, 0.3) is 0 Å². The molecule has 0 bridgehead atoms. The van der Waals surface area contributed by atoms with E-state index in [1.54, 1.807) is 13.8 Å². The number of hydrogen-bond donors (Lipinski definition) is 1. The van der Waals surface area contributed by atoms with Gasteiger partial charge in [0, 0.05) is 13.1 Å². The molecule has 0 unspecified atom stereocenters. The zero-order valence-electron chi connectivity index (χ0n) is 19.5. The molecule has 180 valence electrons. The number of carbonyl (C=O) groups excluding carboxylic acids is 2. The fourth-order valence-corrected chi connectivity index (χ4v) is 4.43. The lowest BCUT2D eigenvalue weighted by Crippen LogP contribution is -2.51. The fourth-order valence-electron chi connectivity index (χ4n) is 3.34. The minimum atomic E-state index is -3.83. The summed E-state index contributed by atoms with van der Waals surface area (Å²) in [6, 6.07) is 11.2. The zero-order chi connectivity index (χ0) is 24.8. The number of amides is 2. The fraction of sp³-hybridized carbons (Fsp3) is 0.391. The van der Waals surface area contributed by atoms with Crippen molar-refractivity contribution in [3.05, 3.63) is 58.6 Å². The first-order chi connectivity index (χ1) is 15.5. The molecular formula is C23H30ClN3O5S. The summed E-state index contributed by atoms with van der Waals surface area (Å²) in [7, 11) is -2.38. The van der Waals surface area contributed by atoms with Crippen molar-refractivity contribution in [1.29, 1.82) is 0 Å². The van der Waals surface area contributed by atoms with Gasteiger partial charge in [0.05, 0.1) is 24.1 Å². The van der Waals surface area contributed by atoms with Gasteiger partial charge in [0.1, 0.15) is 18.3 Å². The van der Waals surface area contributed by atoms with Gasteiger partial charge in [0.15, 0.2) is 0 Å². The molecule has 33 heavy (non-hydrogen) atoms. The molecule has 0 saturated carbocycles. The maximum absolute atomic E-state index is 13.4. The van der Waals surface area contributed by atoms with E-state index in [0.717, 1.165) is 21.7 Å². The Morgan fingerprint density at radius 2 is 1.88 bits per heavy atom. The molecule has 2 aromatic rings. The van der Waals surface area contributed by atoms with Gasteiger partial charge in [0.2, 0.25) is 21.8 Å². The highest BCUT2D eigenvalue weighted by Crippen LogP contribution is 2.30. The summed E-state index contributed by atoms with van der Waals surface area (Å²) in [6.07, 6.45) is 1.01. The second kappa shape index (κ2) is 11.4. The van der Waals surface area contributed by atoms with Crippen LogP contribution >= 0.6 is 11.6 Å². The number of anilines is 1. The summed E-state index contributed by atoms with van der Waals surface area (Å²) < 4.78 is 31.2. The summed E-state index contributed by atoms with van der Waals surface area (Å²) >= 11 is 6.18. The maximum atomic E-state index is 13.4. The number of rotatable bonds is 10. The number of benzene rings is 2. The van der Waals surface area contributed by atoms with Crippen LogP contribution in [0.25, 0.3) is 0 Å². The molecule has 10 heteroatoms. The van der Waals surface area contributed by atoms with E-state index in [4.69, 9.17) is 16.3 Å². The largest absolute Gasteiger partial charge is 0.495 e. The molecule has 0 aliphatic heterocycles. The van der Waals surface area contributed by atoms with Crippen LogP contribution in [0.5, 0.6) is 5.75 Å². The van der Waals surface area contributed by atoms with E-state index in [9.17, 15) is 18.0 Å². The average Bonchev–Trinajstić information content (AvgIpc) is 2.74. The lowest BCUT2D eigenvalue weighted by molar-refractivity contribution is -0.139. The van der Waals surface area contributed by atoms with E-state index in [1.807, 2.05) is 31.2 Å². The number of nitrogens with one attached hydrogen (secondary N) is 1. The zero-order valence-corrected chi connectivity index (χ0v) is 21.0. The van der Waals surface area contributed by atoms with Crippen molar-refractivity contribution in [2.45, 2.75) is 33.4 Å². The number of methoxy groups -OCH3 is 1. The lowest BCUT2D eigenvalue weighted by atomic mass is 10.1. The summed E-state index contributed by atoms with van der Waals surface area (Å²) in [4.78, 5) is 27.3. The highest BCUT2D eigenvalue weighted by atomic mass is 35.5. The van der Waals surface area contributed by atoms with Crippen LogP contribution in [0.4, 0.5) is 5.69 Å². The molecule has 0 aromatic heterocycles. The normalized spacial score (nSPS) is 12.1. The third-order valence-corrected chi connectivity index (χ3v) is 6.49. The van der Waals surface area contributed by atoms with E-state index in [1.165, 1.54) is 30.2 Å². The van der Waals surface area contributed by atoms with Gasteiger partial charge in [-0.1, -0.05) is 41.4 Å². The Morgan fingerprint density at radius 3 is 2.42 bits per heavy atom. The van der Waals surface area contributed by atoms with Crippen LogP contribution in [-0.4, -0.2) is 57.6 Å². The van der Waals surface area contributed by atoms with Gasteiger partial charge in [-0.2, -0.15) is 0 Å². The third kappa shape index (κ3) is 7.10. The standard InChI is InChI=1S/C23H30ClN3O5S/c1-6-25-23(29)17(3)26(14-18-9-7-8-16(2)12-18)22(28)15-27(33(5,30)31)19-10-11-21(32-4)20(24)13-19/h7-13,17H,6,14-15H2,1-5H3,(H,25,29)/t17-/m1/s1. The molecule has 2 amide bonds. The second-order valence-electron chi connectivity index (χ2n) is 7.67. The number of carbonyl (C=O) groups is 2. The number of hydrogen-bond acceptors (Lipinski definition) is 5. The van der Waals surface area contributed by atoms with Gasteiger partial charge in [-0.05, 0) is 44.5 Å². The molecule has 1 N–H and O–H groups in total. The van der Waals surface area contributed by atoms with Gasteiger partial charge < -0.3 is 15.0 Å². The predicted octanol–water partition coefficient (Wildman–Crippen LogP) is 2.98. The van der Waals surface area contributed by atoms with Crippen molar-refractivity contribution in [1.82, 2.24) is 10.2 Å². The van der Waals surface area contributed by atoms with Crippen molar-refractivity contribution in [2.75, 3.05) is 30.8 Å². The maximum Gasteiger partial charge on any atom is 0.244 e. The summed E-state index contributed by atoms with van der Waals surface area (Å²) in [5.74, 6) is -0.462. The molecule has 0 fully saturated rings. The Balaban J connectivity index is 2.41. The Bertz CT molecular complexity index is 1110. The third-order valence-electron chi connectivity index (χ3n) is 5.06. The number of halogens is 1. The number of nitrogens with zero attached hydrogens (tertiary/aromatic N) is 2. The van der Waals surface area contributed by atoms with E-state index < -0.39 is 28.5 Å². The molecule has 0 radical (unpaired) electrons. The van der Waals surface area contributed by atoms with Crippen LogP contribution in [-0.2, 0) is 26.2 Å². The number of ether oxygens (including phenoxy) is 1. The molecule has 1 atom stereocenters. The molecular weight excluding hydrogens is 466 g/mol. The van der Waals surface area contributed by atoms with Crippen molar-refractivity contribution in [3.8, 4) is 5.75 Å². The minimum Gasteiger partial charge on any atom is -0.495 e. The van der Waals surface area contributed by atoms with Crippen molar-refractivity contribution in [2.24, 2.45) is 0 Å². The Kier molecular flexibility index (Phi) is 9.13. The lowest BCUT2D eigenvalue weighted by Gasteiger charge is -2.31. The number of likely N-dealkylation sites (N-methyl/N-ethyl adjacent to an activating group) is 1. The Hall–Kier alpha value is -2.78. The summed E-state index contributed by atoms with van der Waals surface area (Å²) in [5.41, 5.74) is 2.06. The van der Waals surface area contributed by atoms with Crippen molar-refractivity contribution in [3.63, 3.8) is 0 Å². The van der Waals surface area contributed by atoms with Crippen molar-refractivity contribution >= 4 is 39.1 Å². The monoisotopic (exact) mass is 495 g/mol. The Labute approximate surface area is 200 Å². The number of sulfonamides is 1. The molecule has 2 aromatic carbocycles. The quantitative estimate of drug-likeness (QED) is 0.546. The predicted molar refractivity (Wildman–Crippen MR) is 130 cm³/mol. The highest BCUT2D eigenvalue weighted by Gasteiger charge is 2.30. The minimum absolute atomic E-state index is 0.153. The first kappa shape index (κ1) is 26.5.